The van der Waals surface area contributed by atoms with E-state index in [4.69, 9.17) is 9.47 Å². The highest BCUT2D eigenvalue weighted by atomic mass is 16.5. The van der Waals surface area contributed by atoms with Crippen molar-refractivity contribution in [3.63, 3.8) is 0 Å². The molecule has 4 nitrogen and oxygen atoms in total. The van der Waals surface area contributed by atoms with Crippen LogP contribution in [0.15, 0.2) is 48.5 Å². The summed E-state index contributed by atoms with van der Waals surface area (Å²) in [6, 6.07) is 16.8. The number of rotatable bonds is 9. The molecule has 0 radical (unpaired) electrons. The fourth-order valence-corrected chi connectivity index (χ4v) is 2.97. The van der Waals surface area contributed by atoms with E-state index in [2.05, 4.69) is 61.7 Å². The predicted molar refractivity (Wildman–Crippen MR) is 103 cm³/mol. The average Bonchev–Trinajstić information content (AvgIpc) is 2.61. The third-order valence-electron chi connectivity index (χ3n) is 4.25. The van der Waals surface area contributed by atoms with Crippen LogP contribution in [-0.2, 0) is 6.54 Å². The van der Waals surface area contributed by atoms with Gasteiger partial charge in [-0.15, -0.1) is 0 Å². The van der Waals surface area contributed by atoms with Crippen molar-refractivity contribution < 1.29 is 9.47 Å². The highest BCUT2D eigenvalue weighted by Gasteiger charge is 2.20. The van der Waals surface area contributed by atoms with Crippen LogP contribution >= 0.6 is 0 Å². The van der Waals surface area contributed by atoms with Crippen LogP contribution in [0.1, 0.15) is 37.9 Å². The van der Waals surface area contributed by atoms with E-state index >= 15 is 0 Å². The van der Waals surface area contributed by atoms with Crippen LogP contribution in [0.3, 0.4) is 0 Å². The smallest absolute Gasteiger partial charge is 0.161 e. The van der Waals surface area contributed by atoms with Crippen molar-refractivity contribution >= 4 is 0 Å². The van der Waals surface area contributed by atoms with Gasteiger partial charge in [-0.1, -0.05) is 36.4 Å². The minimum atomic E-state index is -0.0220. The minimum Gasteiger partial charge on any atom is -0.493 e. The van der Waals surface area contributed by atoms with E-state index in [1.165, 1.54) is 11.1 Å². The van der Waals surface area contributed by atoms with Gasteiger partial charge in [0.25, 0.3) is 0 Å². The first-order valence-corrected chi connectivity index (χ1v) is 8.69. The van der Waals surface area contributed by atoms with Crippen molar-refractivity contribution in [2.24, 2.45) is 0 Å². The molecule has 25 heavy (non-hydrogen) atoms. The molecule has 0 fully saturated rings. The number of hydrogen-bond acceptors (Lipinski definition) is 4. The molecular weight excluding hydrogens is 312 g/mol. The summed E-state index contributed by atoms with van der Waals surface area (Å²) in [6.07, 6.45) is 0. The zero-order chi connectivity index (χ0) is 18.3. The van der Waals surface area contributed by atoms with Gasteiger partial charge in [-0.2, -0.15) is 0 Å². The molecule has 2 aromatic carbocycles. The lowest BCUT2D eigenvalue weighted by Crippen LogP contribution is -2.48. The predicted octanol–water partition coefficient (Wildman–Crippen LogP) is 3.92. The molecule has 0 aliphatic heterocycles. The lowest BCUT2D eigenvalue weighted by Gasteiger charge is -2.31. The summed E-state index contributed by atoms with van der Waals surface area (Å²) < 4.78 is 10.6. The second-order valence-electron chi connectivity index (χ2n) is 6.95. The van der Waals surface area contributed by atoms with E-state index in [0.717, 1.165) is 24.6 Å². The molecule has 136 valence electrons. The minimum absolute atomic E-state index is 0.0220. The first-order valence-electron chi connectivity index (χ1n) is 8.69. The van der Waals surface area contributed by atoms with Crippen molar-refractivity contribution in [1.29, 1.82) is 0 Å². The summed E-state index contributed by atoms with van der Waals surface area (Å²) in [5.74, 6) is 1.52. The number of benzene rings is 2. The summed E-state index contributed by atoms with van der Waals surface area (Å²) in [4.78, 5) is 0. The molecule has 1 atom stereocenters. The largest absolute Gasteiger partial charge is 0.493 e. The van der Waals surface area contributed by atoms with E-state index in [-0.39, 0.29) is 5.54 Å². The van der Waals surface area contributed by atoms with Gasteiger partial charge < -0.3 is 20.1 Å². The van der Waals surface area contributed by atoms with E-state index in [9.17, 15) is 0 Å². The Labute approximate surface area is 151 Å². The molecule has 0 saturated heterocycles. The Morgan fingerprint density at radius 1 is 0.960 bits per heavy atom. The Morgan fingerprint density at radius 2 is 1.64 bits per heavy atom. The molecule has 0 aliphatic rings. The van der Waals surface area contributed by atoms with Crippen molar-refractivity contribution in [2.75, 3.05) is 20.8 Å². The van der Waals surface area contributed by atoms with Crippen LogP contribution < -0.4 is 20.1 Å². The third-order valence-corrected chi connectivity index (χ3v) is 4.25. The van der Waals surface area contributed by atoms with Gasteiger partial charge in [0.15, 0.2) is 11.5 Å². The molecule has 0 saturated carbocycles. The molecule has 4 heteroatoms. The Hall–Kier alpha value is -2.04. The Balaban J connectivity index is 1.87. The van der Waals surface area contributed by atoms with Gasteiger partial charge in [-0.25, -0.2) is 0 Å². The summed E-state index contributed by atoms with van der Waals surface area (Å²) in [5.41, 5.74) is 2.45. The van der Waals surface area contributed by atoms with E-state index in [1.54, 1.807) is 14.2 Å². The van der Waals surface area contributed by atoms with Gasteiger partial charge >= 0.3 is 0 Å². The highest BCUT2D eigenvalue weighted by molar-refractivity contribution is 5.42. The molecule has 0 aliphatic carbocycles. The fourth-order valence-electron chi connectivity index (χ4n) is 2.97. The molecule has 0 spiro atoms. The lowest BCUT2D eigenvalue weighted by molar-refractivity contribution is 0.329. The third kappa shape index (κ3) is 5.76. The molecule has 0 aromatic heterocycles. The number of nitrogens with one attached hydrogen (secondary N) is 2. The Morgan fingerprint density at radius 3 is 2.28 bits per heavy atom. The molecule has 2 N–H and O–H groups in total. The van der Waals surface area contributed by atoms with Crippen LogP contribution in [0, 0.1) is 0 Å². The molecular formula is C21H30N2O2. The van der Waals surface area contributed by atoms with Crippen LogP contribution in [0.5, 0.6) is 11.5 Å². The van der Waals surface area contributed by atoms with Crippen LogP contribution in [-0.4, -0.2) is 26.3 Å². The molecule has 1 unspecified atom stereocenters. The molecule has 0 heterocycles. The van der Waals surface area contributed by atoms with Crippen molar-refractivity contribution in [1.82, 2.24) is 10.6 Å². The first kappa shape index (κ1) is 19.3. The maximum absolute atomic E-state index is 5.36. The zero-order valence-corrected chi connectivity index (χ0v) is 15.9. The average molecular weight is 342 g/mol. The van der Waals surface area contributed by atoms with Gasteiger partial charge in [-0.3, -0.25) is 0 Å². The summed E-state index contributed by atoms with van der Waals surface area (Å²) >= 11 is 0. The van der Waals surface area contributed by atoms with Crippen LogP contribution in [0.25, 0.3) is 0 Å². The fraction of sp³-hybridized carbons (Fsp3) is 0.429. The van der Waals surface area contributed by atoms with E-state index in [1.807, 2.05) is 18.2 Å². The lowest BCUT2D eigenvalue weighted by atomic mass is 10.0. The van der Waals surface area contributed by atoms with Gasteiger partial charge in [0.1, 0.15) is 0 Å². The summed E-state index contributed by atoms with van der Waals surface area (Å²) in [5, 5.41) is 7.22. The Bertz CT molecular complexity index is 656. The number of ether oxygens (including phenoxy) is 2. The second kappa shape index (κ2) is 8.88. The maximum atomic E-state index is 5.36. The maximum Gasteiger partial charge on any atom is 0.161 e. The molecule has 2 rings (SSSR count). The highest BCUT2D eigenvalue weighted by Crippen LogP contribution is 2.27. The number of methoxy groups -OCH3 is 2. The van der Waals surface area contributed by atoms with Crippen LogP contribution in [0.4, 0.5) is 0 Å². The standard InChI is InChI=1S/C21H30N2O2/c1-16(18-9-7-6-8-10-18)23-21(2,3)15-22-14-17-11-12-19(24-4)20(13-17)25-5/h6-13,16,22-23H,14-15H2,1-5H3. The van der Waals surface area contributed by atoms with Crippen LogP contribution in [0.2, 0.25) is 0 Å². The SMILES string of the molecule is COc1ccc(CNCC(C)(C)NC(C)c2ccccc2)cc1OC. The molecule has 2 aromatic rings. The van der Waals surface area contributed by atoms with Gasteiger partial charge in [0, 0.05) is 24.7 Å². The zero-order valence-electron chi connectivity index (χ0n) is 15.9. The van der Waals surface area contributed by atoms with Gasteiger partial charge in [0.05, 0.1) is 14.2 Å². The monoisotopic (exact) mass is 342 g/mol. The summed E-state index contributed by atoms with van der Waals surface area (Å²) in [6.45, 7) is 8.28. The second-order valence-corrected chi connectivity index (χ2v) is 6.95. The number of hydrogen-bond donors (Lipinski definition) is 2. The molecule has 0 bridgehead atoms. The van der Waals surface area contributed by atoms with Crippen molar-refractivity contribution in [3.8, 4) is 11.5 Å². The van der Waals surface area contributed by atoms with Crippen molar-refractivity contribution in [3.05, 3.63) is 59.7 Å². The topological polar surface area (TPSA) is 42.5 Å². The quantitative estimate of drug-likeness (QED) is 0.725. The van der Waals surface area contributed by atoms with Gasteiger partial charge in [0.2, 0.25) is 0 Å². The first-order chi connectivity index (χ1) is 11.9. The molecule has 0 amide bonds. The van der Waals surface area contributed by atoms with E-state index in [0.29, 0.717) is 6.04 Å². The Kier molecular flexibility index (Phi) is 6.85. The summed E-state index contributed by atoms with van der Waals surface area (Å²) in [7, 11) is 3.31. The van der Waals surface area contributed by atoms with Gasteiger partial charge in [-0.05, 0) is 44.0 Å². The van der Waals surface area contributed by atoms with Crippen molar-refractivity contribution in [2.45, 2.75) is 38.9 Å². The normalized spacial score (nSPS) is 12.7. The van der Waals surface area contributed by atoms with E-state index < -0.39 is 0 Å².